The van der Waals surface area contributed by atoms with Gasteiger partial charge in [0.2, 0.25) is 5.91 Å². The number of carbonyl (C=O) groups excluding carboxylic acids is 2. The molecule has 1 atom stereocenters. The number of hydrogen-bond donors (Lipinski definition) is 2. The Kier molecular flexibility index (Phi) is 4.76. The predicted molar refractivity (Wildman–Crippen MR) is 88.0 cm³/mol. The first-order valence-corrected chi connectivity index (χ1v) is 7.95. The van der Waals surface area contributed by atoms with E-state index >= 15 is 0 Å². The van der Waals surface area contributed by atoms with Crippen LogP contribution in [0, 0.1) is 5.92 Å². The highest BCUT2D eigenvalue weighted by Crippen LogP contribution is 2.17. The molecule has 0 unspecified atom stereocenters. The van der Waals surface area contributed by atoms with Gasteiger partial charge in [0.05, 0.1) is 0 Å². The summed E-state index contributed by atoms with van der Waals surface area (Å²) in [5, 5.41) is 2.89. The van der Waals surface area contributed by atoms with Crippen molar-refractivity contribution in [2.75, 3.05) is 19.6 Å². The molecule has 0 bridgehead atoms. The molecule has 5 nitrogen and oxygen atoms in total. The van der Waals surface area contributed by atoms with E-state index in [1.807, 2.05) is 23.1 Å². The molecule has 1 aromatic carbocycles. The number of hydrogen-bond acceptors (Lipinski definition) is 2. The van der Waals surface area contributed by atoms with E-state index in [-0.39, 0.29) is 17.7 Å². The topological polar surface area (TPSA) is 65.2 Å². The SMILES string of the molecule is O=C(NC[C@@H]1CC(=O)N(CCc2ccccc2)C1)c1ccc[nH]1. The zero-order valence-corrected chi connectivity index (χ0v) is 13.0. The van der Waals surface area contributed by atoms with Gasteiger partial charge in [-0.1, -0.05) is 30.3 Å². The standard InChI is InChI=1S/C18H21N3O2/c22-17-11-15(12-20-18(23)16-7-4-9-19-16)13-21(17)10-8-14-5-2-1-3-6-14/h1-7,9,15,19H,8,10-13H2,(H,20,23)/t15-/m0/s1. The molecule has 0 radical (unpaired) electrons. The molecule has 2 amide bonds. The van der Waals surface area contributed by atoms with E-state index in [0.29, 0.717) is 18.7 Å². The molecular formula is C18H21N3O2. The van der Waals surface area contributed by atoms with Crippen LogP contribution >= 0.6 is 0 Å². The van der Waals surface area contributed by atoms with Crippen LogP contribution < -0.4 is 5.32 Å². The minimum absolute atomic E-state index is 0.120. The second-order valence-electron chi connectivity index (χ2n) is 5.94. The van der Waals surface area contributed by atoms with Crippen molar-refractivity contribution in [2.45, 2.75) is 12.8 Å². The molecule has 120 valence electrons. The van der Waals surface area contributed by atoms with Crippen molar-refractivity contribution < 1.29 is 9.59 Å². The average Bonchev–Trinajstić information content (AvgIpc) is 3.22. The maximum Gasteiger partial charge on any atom is 0.267 e. The highest BCUT2D eigenvalue weighted by atomic mass is 16.2. The number of nitrogens with zero attached hydrogens (tertiary/aromatic N) is 1. The van der Waals surface area contributed by atoms with Crippen molar-refractivity contribution in [3.05, 3.63) is 59.9 Å². The van der Waals surface area contributed by atoms with E-state index in [4.69, 9.17) is 0 Å². The van der Waals surface area contributed by atoms with Gasteiger partial charge in [-0.2, -0.15) is 0 Å². The lowest BCUT2D eigenvalue weighted by atomic mass is 10.1. The summed E-state index contributed by atoms with van der Waals surface area (Å²) >= 11 is 0. The summed E-state index contributed by atoms with van der Waals surface area (Å²) in [5.74, 6) is 0.252. The Hall–Kier alpha value is -2.56. The Morgan fingerprint density at radius 2 is 2.04 bits per heavy atom. The van der Waals surface area contributed by atoms with E-state index in [1.54, 1.807) is 18.3 Å². The van der Waals surface area contributed by atoms with E-state index in [0.717, 1.165) is 19.5 Å². The average molecular weight is 311 g/mol. The van der Waals surface area contributed by atoms with Crippen LogP contribution in [0.3, 0.4) is 0 Å². The minimum Gasteiger partial charge on any atom is -0.357 e. The van der Waals surface area contributed by atoms with Crippen molar-refractivity contribution in [2.24, 2.45) is 5.92 Å². The summed E-state index contributed by atoms with van der Waals surface area (Å²) in [6, 6.07) is 13.7. The number of benzene rings is 1. The summed E-state index contributed by atoms with van der Waals surface area (Å²) in [4.78, 5) is 28.8. The third-order valence-corrected chi connectivity index (χ3v) is 4.20. The second-order valence-corrected chi connectivity index (χ2v) is 5.94. The van der Waals surface area contributed by atoms with Crippen LogP contribution in [0.15, 0.2) is 48.7 Å². The molecule has 1 aliphatic rings. The number of likely N-dealkylation sites (tertiary alicyclic amines) is 1. The van der Waals surface area contributed by atoms with E-state index in [9.17, 15) is 9.59 Å². The molecule has 2 aromatic rings. The molecule has 2 heterocycles. The zero-order valence-electron chi connectivity index (χ0n) is 13.0. The van der Waals surface area contributed by atoms with Crippen LogP contribution in [0.25, 0.3) is 0 Å². The molecule has 1 fully saturated rings. The van der Waals surface area contributed by atoms with Crippen LogP contribution in [-0.4, -0.2) is 41.3 Å². The number of carbonyl (C=O) groups is 2. The monoisotopic (exact) mass is 311 g/mol. The predicted octanol–water partition coefficient (Wildman–Crippen LogP) is 1.84. The van der Waals surface area contributed by atoms with Gasteiger partial charge in [0.1, 0.15) is 5.69 Å². The lowest BCUT2D eigenvalue weighted by Crippen LogP contribution is -2.32. The molecule has 2 N–H and O–H groups in total. The van der Waals surface area contributed by atoms with Crippen LogP contribution in [0.5, 0.6) is 0 Å². The number of amides is 2. The largest absolute Gasteiger partial charge is 0.357 e. The number of H-pyrrole nitrogens is 1. The molecule has 23 heavy (non-hydrogen) atoms. The molecule has 0 spiro atoms. The van der Waals surface area contributed by atoms with Gasteiger partial charge in [-0.3, -0.25) is 9.59 Å². The Morgan fingerprint density at radius 1 is 1.22 bits per heavy atom. The van der Waals surface area contributed by atoms with Gasteiger partial charge >= 0.3 is 0 Å². The van der Waals surface area contributed by atoms with Crippen molar-refractivity contribution in [3.63, 3.8) is 0 Å². The Balaban J connectivity index is 1.45. The van der Waals surface area contributed by atoms with Crippen LogP contribution in [0.4, 0.5) is 0 Å². The van der Waals surface area contributed by atoms with Gasteiger partial charge in [0.15, 0.2) is 0 Å². The normalized spacial score (nSPS) is 17.5. The van der Waals surface area contributed by atoms with E-state index in [1.165, 1.54) is 5.56 Å². The molecular weight excluding hydrogens is 290 g/mol. The Labute approximate surface area is 135 Å². The van der Waals surface area contributed by atoms with Gasteiger partial charge in [-0.25, -0.2) is 0 Å². The van der Waals surface area contributed by atoms with Gasteiger partial charge in [-0.15, -0.1) is 0 Å². The summed E-state index contributed by atoms with van der Waals surface area (Å²) in [6.07, 6.45) is 3.10. The maximum atomic E-state index is 12.1. The van der Waals surface area contributed by atoms with Gasteiger partial charge in [0, 0.05) is 38.2 Å². The first kappa shape index (κ1) is 15.3. The van der Waals surface area contributed by atoms with E-state index in [2.05, 4.69) is 22.4 Å². The Morgan fingerprint density at radius 3 is 2.78 bits per heavy atom. The van der Waals surface area contributed by atoms with Gasteiger partial charge in [0.25, 0.3) is 5.91 Å². The first-order chi connectivity index (χ1) is 11.2. The zero-order chi connectivity index (χ0) is 16.1. The third kappa shape index (κ3) is 4.00. The Bertz CT molecular complexity index is 652. The second kappa shape index (κ2) is 7.13. The van der Waals surface area contributed by atoms with Crippen molar-refractivity contribution >= 4 is 11.8 Å². The fraction of sp³-hybridized carbons (Fsp3) is 0.333. The number of aromatic nitrogens is 1. The summed E-state index contributed by atoms with van der Waals surface area (Å²) in [6.45, 7) is 1.99. The summed E-state index contributed by atoms with van der Waals surface area (Å²) < 4.78 is 0. The lowest BCUT2D eigenvalue weighted by molar-refractivity contribution is -0.127. The van der Waals surface area contributed by atoms with Crippen molar-refractivity contribution in [1.29, 1.82) is 0 Å². The quantitative estimate of drug-likeness (QED) is 0.855. The number of rotatable bonds is 6. The van der Waals surface area contributed by atoms with Gasteiger partial charge < -0.3 is 15.2 Å². The highest BCUT2D eigenvalue weighted by molar-refractivity contribution is 5.92. The van der Waals surface area contributed by atoms with E-state index < -0.39 is 0 Å². The molecule has 0 saturated carbocycles. The molecule has 1 saturated heterocycles. The first-order valence-electron chi connectivity index (χ1n) is 7.95. The minimum atomic E-state index is -0.120. The summed E-state index contributed by atoms with van der Waals surface area (Å²) in [5.41, 5.74) is 1.79. The smallest absolute Gasteiger partial charge is 0.267 e. The fourth-order valence-electron chi connectivity index (χ4n) is 2.92. The fourth-order valence-corrected chi connectivity index (χ4v) is 2.92. The van der Waals surface area contributed by atoms with Crippen LogP contribution in [-0.2, 0) is 11.2 Å². The molecule has 0 aliphatic carbocycles. The lowest BCUT2D eigenvalue weighted by Gasteiger charge is -2.16. The summed E-state index contributed by atoms with van der Waals surface area (Å²) in [7, 11) is 0. The van der Waals surface area contributed by atoms with Crippen molar-refractivity contribution in [3.8, 4) is 0 Å². The molecule has 3 rings (SSSR count). The maximum absolute atomic E-state index is 12.1. The molecule has 5 heteroatoms. The van der Waals surface area contributed by atoms with Crippen LogP contribution in [0.1, 0.15) is 22.5 Å². The number of nitrogens with one attached hydrogen (secondary N) is 2. The molecule has 1 aliphatic heterocycles. The third-order valence-electron chi connectivity index (χ3n) is 4.20. The number of aromatic amines is 1. The van der Waals surface area contributed by atoms with Gasteiger partial charge in [-0.05, 0) is 24.1 Å². The highest BCUT2D eigenvalue weighted by Gasteiger charge is 2.29. The van der Waals surface area contributed by atoms with Crippen molar-refractivity contribution in [1.82, 2.24) is 15.2 Å². The van der Waals surface area contributed by atoms with Crippen LogP contribution in [0.2, 0.25) is 0 Å². The molecule has 1 aromatic heterocycles.